The summed E-state index contributed by atoms with van der Waals surface area (Å²) in [7, 11) is 1.67. The first-order valence-electron chi connectivity index (χ1n) is 10.0. The van der Waals surface area contributed by atoms with Crippen molar-refractivity contribution in [2.75, 3.05) is 13.7 Å². The number of hydrogen-bond donors (Lipinski definition) is 2. The Kier molecular flexibility index (Phi) is 8.47. The quantitative estimate of drug-likeness (QED) is 0.399. The number of aromatic nitrogens is 1. The summed E-state index contributed by atoms with van der Waals surface area (Å²) < 4.78 is 10.8. The van der Waals surface area contributed by atoms with Gasteiger partial charge in [0.2, 0.25) is 0 Å². The van der Waals surface area contributed by atoms with E-state index in [4.69, 9.17) is 20.9 Å². The Labute approximate surface area is 178 Å². The average molecular weight is 415 g/mol. The molecule has 5 heteroatoms. The van der Waals surface area contributed by atoms with E-state index < -0.39 is 0 Å². The van der Waals surface area contributed by atoms with E-state index in [2.05, 4.69) is 23.1 Å². The standard InChI is InChI=1S/C22H25ClN2O2.C2H6/c1-14-7-5-8-17(20(14)23)9-6-12-24-16(3)21-22(27-25-21)18-10-11-19(26-4)15(2)13-18;1-2/h5,7-8,10-11,13,24-25H,3,6,9,12H2,1-2,4H3;1-2H3. The number of nitrogens with one attached hydrogen (secondary N) is 2. The molecule has 156 valence electrons. The smallest absolute Gasteiger partial charge is 0.190 e. The summed E-state index contributed by atoms with van der Waals surface area (Å²) in [4.78, 5) is 0. The molecule has 3 rings (SSSR count). The maximum absolute atomic E-state index is 6.36. The Morgan fingerprint density at radius 3 is 2.55 bits per heavy atom. The van der Waals surface area contributed by atoms with Gasteiger partial charge in [-0.05, 0) is 61.6 Å². The van der Waals surface area contributed by atoms with Gasteiger partial charge in [0.25, 0.3) is 0 Å². The topological polar surface area (TPSA) is 50.2 Å². The number of hydrogen-bond acceptors (Lipinski definition) is 3. The van der Waals surface area contributed by atoms with Gasteiger partial charge in [-0.1, -0.05) is 50.2 Å². The molecule has 0 saturated carbocycles. The normalized spacial score (nSPS) is 10.3. The van der Waals surface area contributed by atoms with E-state index in [1.165, 1.54) is 5.56 Å². The molecule has 0 aliphatic rings. The zero-order valence-corrected chi connectivity index (χ0v) is 18.7. The Balaban J connectivity index is 0.00000145. The molecule has 0 aliphatic carbocycles. The van der Waals surface area contributed by atoms with E-state index in [9.17, 15) is 0 Å². The molecular weight excluding hydrogens is 384 g/mol. The zero-order valence-electron chi connectivity index (χ0n) is 18.0. The molecule has 0 amide bonds. The van der Waals surface area contributed by atoms with E-state index in [1.807, 2.05) is 58.0 Å². The maximum atomic E-state index is 6.36. The minimum atomic E-state index is 0.792. The molecule has 0 spiro atoms. The van der Waals surface area contributed by atoms with Gasteiger partial charge in [-0.3, -0.25) is 0 Å². The highest BCUT2D eigenvalue weighted by molar-refractivity contribution is 6.32. The molecule has 0 aliphatic heterocycles. The number of methoxy groups -OCH3 is 1. The molecule has 0 bridgehead atoms. The van der Waals surface area contributed by atoms with Crippen molar-refractivity contribution in [2.45, 2.75) is 40.5 Å². The van der Waals surface area contributed by atoms with Gasteiger partial charge in [0, 0.05) is 17.1 Å². The molecule has 1 heterocycles. The molecule has 0 saturated heterocycles. The minimum absolute atomic E-state index is 0.792. The van der Waals surface area contributed by atoms with Gasteiger partial charge >= 0.3 is 0 Å². The van der Waals surface area contributed by atoms with Gasteiger partial charge in [0.05, 0.1) is 12.8 Å². The van der Waals surface area contributed by atoms with Gasteiger partial charge < -0.3 is 14.6 Å². The van der Waals surface area contributed by atoms with E-state index >= 15 is 0 Å². The van der Waals surface area contributed by atoms with Crippen LogP contribution in [-0.4, -0.2) is 18.8 Å². The van der Waals surface area contributed by atoms with Gasteiger partial charge in [-0.15, -0.1) is 0 Å². The van der Waals surface area contributed by atoms with E-state index in [1.54, 1.807) is 7.11 Å². The third kappa shape index (κ3) is 5.48. The summed E-state index contributed by atoms with van der Waals surface area (Å²) >= 11 is 6.36. The Morgan fingerprint density at radius 1 is 1.17 bits per heavy atom. The second kappa shape index (κ2) is 10.8. The van der Waals surface area contributed by atoms with Crippen LogP contribution >= 0.6 is 11.6 Å². The maximum Gasteiger partial charge on any atom is 0.190 e. The van der Waals surface area contributed by atoms with Crippen molar-refractivity contribution in [3.05, 3.63) is 70.4 Å². The largest absolute Gasteiger partial charge is 0.496 e. The van der Waals surface area contributed by atoms with Gasteiger partial charge in [0.15, 0.2) is 5.76 Å². The van der Waals surface area contributed by atoms with Crippen LogP contribution in [0.1, 0.15) is 42.7 Å². The Bertz CT molecular complexity index is 940. The van der Waals surface area contributed by atoms with Crippen molar-refractivity contribution in [2.24, 2.45) is 0 Å². The van der Waals surface area contributed by atoms with Gasteiger partial charge in [-0.25, -0.2) is 5.16 Å². The molecule has 1 aromatic heterocycles. The van der Waals surface area contributed by atoms with Crippen LogP contribution in [-0.2, 0) is 6.42 Å². The Morgan fingerprint density at radius 2 is 1.93 bits per heavy atom. The molecule has 29 heavy (non-hydrogen) atoms. The van der Waals surface area contributed by atoms with Gasteiger partial charge in [-0.2, -0.15) is 0 Å². The highest BCUT2D eigenvalue weighted by Crippen LogP contribution is 2.31. The van der Waals surface area contributed by atoms with Crippen LogP contribution in [0.2, 0.25) is 5.02 Å². The van der Waals surface area contributed by atoms with Crippen LogP contribution < -0.4 is 10.1 Å². The molecular formula is C24H31ClN2O2. The lowest BCUT2D eigenvalue weighted by Crippen LogP contribution is -2.16. The van der Waals surface area contributed by atoms with Crippen LogP contribution in [0, 0.1) is 13.8 Å². The lowest BCUT2D eigenvalue weighted by Gasteiger charge is -2.16. The number of halogens is 1. The van der Waals surface area contributed by atoms with E-state index in [-0.39, 0.29) is 0 Å². The molecule has 0 radical (unpaired) electrons. The number of H-pyrrole nitrogens is 1. The van der Waals surface area contributed by atoms with Crippen molar-refractivity contribution in [3.63, 3.8) is 0 Å². The van der Waals surface area contributed by atoms with Crippen LogP contribution in [0.25, 0.3) is 17.0 Å². The van der Waals surface area contributed by atoms with E-state index in [0.717, 1.165) is 64.0 Å². The van der Waals surface area contributed by atoms with Crippen LogP contribution in [0.4, 0.5) is 0 Å². The fourth-order valence-electron chi connectivity index (χ4n) is 3.08. The fraction of sp³-hybridized carbons (Fsp3) is 0.333. The van der Waals surface area contributed by atoms with Crippen molar-refractivity contribution in [1.29, 1.82) is 0 Å². The number of benzene rings is 2. The van der Waals surface area contributed by atoms with Crippen molar-refractivity contribution in [3.8, 4) is 17.1 Å². The first kappa shape index (κ1) is 22.7. The first-order valence-corrected chi connectivity index (χ1v) is 10.4. The minimum Gasteiger partial charge on any atom is -0.496 e. The number of aryl methyl sites for hydroxylation is 3. The molecule has 4 nitrogen and oxygen atoms in total. The predicted molar refractivity (Wildman–Crippen MR) is 123 cm³/mol. The second-order valence-corrected chi connectivity index (χ2v) is 7.03. The van der Waals surface area contributed by atoms with E-state index in [0.29, 0.717) is 0 Å². The number of aromatic amines is 1. The highest BCUT2D eigenvalue weighted by Gasteiger charge is 2.17. The molecule has 2 aromatic carbocycles. The molecule has 3 aromatic rings. The SMILES string of the molecule is C=C(NCCCc1cccc(C)c1Cl)c1[nH]oc1-c1ccc(OC)c(C)c1.CC. The molecule has 0 fully saturated rings. The summed E-state index contributed by atoms with van der Waals surface area (Å²) in [6, 6.07) is 12.1. The number of ether oxygens (including phenoxy) is 1. The third-order valence-electron chi connectivity index (χ3n) is 4.67. The molecule has 0 atom stereocenters. The highest BCUT2D eigenvalue weighted by atomic mass is 35.5. The van der Waals surface area contributed by atoms with Crippen LogP contribution in [0.5, 0.6) is 5.75 Å². The summed E-state index contributed by atoms with van der Waals surface area (Å²) in [5.74, 6) is 1.65. The third-order valence-corrected chi connectivity index (χ3v) is 5.21. The summed E-state index contributed by atoms with van der Waals surface area (Å²) in [6.07, 6.45) is 1.89. The lowest BCUT2D eigenvalue weighted by atomic mass is 10.1. The van der Waals surface area contributed by atoms with Crippen molar-refractivity contribution < 1.29 is 9.26 Å². The lowest BCUT2D eigenvalue weighted by molar-refractivity contribution is 0.365. The summed E-state index contributed by atoms with van der Waals surface area (Å²) in [5, 5.41) is 7.11. The summed E-state index contributed by atoms with van der Waals surface area (Å²) in [5.41, 5.74) is 6.06. The first-order chi connectivity index (χ1) is 14.0. The summed E-state index contributed by atoms with van der Waals surface area (Å²) in [6.45, 7) is 13.0. The van der Waals surface area contributed by atoms with Crippen molar-refractivity contribution >= 4 is 17.3 Å². The Hall–Kier alpha value is -2.59. The van der Waals surface area contributed by atoms with Crippen molar-refractivity contribution in [1.82, 2.24) is 10.5 Å². The van der Waals surface area contributed by atoms with Crippen LogP contribution in [0.15, 0.2) is 47.5 Å². The fourth-order valence-corrected chi connectivity index (χ4v) is 3.30. The molecule has 0 unspecified atom stereocenters. The molecule has 2 N–H and O–H groups in total. The number of rotatable bonds is 8. The average Bonchev–Trinajstić information content (AvgIpc) is 2.69. The van der Waals surface area contributed by atoms with Crippen LogP contribution in [0.3, 0.4) is 0 Å². The predicted octanol–water partition coefficient (Wildman–Crippen LogP) is 6.77. The monoisotopic (exact) mass is 414 g/mol. The zero-order chi connectivity index (χ0) is 21.4. The van der Waals surface area contributed by atoms with Gasteiger partial charge in [0.1, 0.15) is 11.4 Å². The second-order valence-electron chi connectivity index (χ2n) is 6.65.